The van der Waals surface area contributed by atoms with E-state index in [-0.39, 0.29) is 7.25 Å². The Labute approximate surface area is 259 Å². The fourth-order valence-corrected chi connectivity index (χ4v) is 38.9. The van der Waals surface area contributed by atoms with Gasteiger partial charge in [-0.2, -0.15) is 0 Å². The molecule has 1 unspecified atom stereocenters. The number of rotatable bonds is 5. The van der Waals surface area contributed by atoms with Crippen molar-refractivity contribution in [2.24, 2.45) is 5.92 Å². The second kappa shape index (κ2) is 10.2. The summed E-state index contributed by atoms with van der Waals surface area (Å²) in [6.07, 6.45) is 2.48. The van der Waals surface area contributed by atoms with E-state index >= 15 is 0 Å². The van der Waals surface area contributed by atoms with Crippen LogP contribution >= 0.6 is 17.0 Å². The van der Waals surface area contributed by atoms with Crippen molar-refractivity contribution in [3.8, 4) is 22.3 Å². The molecule has 0 saturated carbocycles. The first kappa shape index (κ1) is 28.5. The molecule has 42 heavy (non-hydrogen) atoms. The van der Waals surface area contributed by atoms with Gasteiger partial charge in [0.25, 0.3) is 0 Å². The molecule has 0 radical (unpaired) electrons. The fraction of sp³-hybridized carbons (Fsp3) is 0.211. The van der Waals surface area contributed by atoms with Crippen LogP contribution in [-0.4, -0.2) is 5.92 Å². The summed E-state index contributed by atoms with van der Waals surface area (Å²) >= 11 is -4.80. The van der Waals surface area contributed by atoms with Crippen LogP contribution in [0.15, 0.2) is 109 Å². The molecule has 0 saturated heterocycles. The van der Waals surface area contributed by atoms with Crippen molar-refractivity contribution in [1.82, 2.24) is 0 Å². The summed E-state index contributed by atoms with van der Waals surface area (Å²) in [6, 6.07) is 38.0. The van der Waals surface area contributed by atoms with E-state index in [9.17, 15) is 0 Å². The van der Waals surface area contributed by atoms with Gasteiger partial charge in [-0.05, 0) is 0 Å². The SMILES string of the molecule is Cc1cccc2cccc(-c3cccc4c3C=C(C(C)C)[CH]4[Zr]([Cl])([Cl])([CH]3c4ccccc4-c4ccccc43)[SiH](C)C)c12. The van der Waals surface area contributed by atoms with Gasteiger partial charge < -0.3 is 0 Å². The zero-order chi connectivity index (χ0) is 29.4. The minimum atomic E-state index is -4.80. The van der Waals surface area contributed by atoms with Gasteiger partial charge in [0.2, 0.25) is 0 Å². The van der Waals surface area contributed by atoms with E-state index in [2.05, 4.69) is 143 Å². The predicted molar refractivity (Wildman–Crippen MR) is 184 cm³/mol. The van der Waals surface area contributed by atoms with Crippen molar-refractivity contribution in [2.45, 2.75) is 41.1 Å². The van der Waals surface area contributed by atoms with Crippen LogP contribution in [0.5, 0.6) is 0 Å². The molecule has 211 valence electrons. The van der Waals surface area contributed by atoms with E-state index in [0.29, 0.717) is 5.92 Å². The summed E-state index contributed by atoms with van der Waals surface area (Å²) in [4.78, 5) is 0. The van der Waals surface area contributed by atoms with Gasteiger partial charge in [0.15, 0.2) is 0 Å². The number of halogens is 2. The molecule has 2 aliphatic carbocycles. The van der Waals surface area contributed by atoms with Crippen molar-refractivity contribution in [1.29, 1.82) is 0 Å². The van der Waals surface area contributed by atoms with Gasteiger partial charge in [-0.25, -0.2) is 0 Å². The third-order valence-corrected chi connectivity index (χ3v) is 61.8. The zero-order valence-corrected chi connectivity index (χ0v) is 30.1. The first-order valence-corrected chi connectivity index (χ1v) is 31.5. The molecule has 2 aliphatic rings. The Morgan fingerprint density at radius 1 is 0.619 bits per heavy atom. The quantitative estimate of drug-likeness (QED) is 0.162. The maximum atomic E-state index is 8.58. The number of fused-ring (bicyclic) bond motifs is 5. The molecule has 7 rings (SSSR count). The van der Waals surface area contributed by atoms with Gasteiger partial charge in [-0.1, -0.05) is 0 Å². The Kier molecular flexibility index (Phi) is 6.91. The molecular weight excluding hydrogens is 647 g/mol. The van der Waals surface area contributed by atoms with E-state index in [4.69, 9.17) is 17.0 Å². The topological polar surface area (TPSA) is 0 Å². The average Bonchev–Trinajstić information content (AvgIpc) is 3.55. The third kappa shape index (κ3) is 3.95. The summed E-state index contributed by atoms with van der Waals surface area (Å²) in [5, 5.41) is 2.61. The van der Waals surface area contributed by atoms with Gasteiger partial charge >= 0.3 is 261 Å². The van der Waals surface area contributed by atoms with Crippen LogP contribution in [0, 0.1) is 12.8 Å². The fourth-order valence-electron chi connectivity index (χ4n) is 8.11. The number of hydrogen-bond donors (Lipinski definition) is 0. The average molecular weight is 684 g/mol. The number of allylic oxidation sites excluding steroid dienone is 1. The predicted octanol–water partition coefficient (Wildman–Crippen LogP) is 11.7. The van der Waals surface area contributed by atoms with Crippen molar-refractivity contribution in [3.63, 3.8) is 0 Å². The van der Waals surface area contributed by atoms with Gasteiger partial charge in [-0.15, -0.1) is 0 Å². The van der Waals surface area contributed by atoms with Crippen LogP contribution in [0.25, 0.3) is 39.1 Å². The second-order valence-electron chi connectivity index (χ2n) is 13.0. The van der Waals surface area contributed by atoms with Gasteiger partial charge in [0, 0.05) is 0 Å². The molecule has 0 N–H and O–H groups in total. The van der Waals surface area contributed by atoms with Gasteiger partial charge in [0.05, 0.1) is 0 Å². The molecular formula is C38H37Cl2SiZr. The molecule has 0 amide bonds. The molecule has 0 heterocycles. The standard InChI is InChI=1S/C23H21.C13H9.C2H7Si.2ClH.Zr/c1-15(2)19-13-18-10-6-11-20(22(18)14-19)21-12-5-9-17-8-4-7-16(3)23(17)21;1-3-7-12-10(5-1)9-11-6-2-4-8-13(11)12;1-3-2;;;/h4-15H,1-3H3;1-9H;3H,1-2H3;2*1H;/q;;;;;+2/p-2. The monoisotopic (exact) mass is 681 g/mol. The molecule has 0 aliphatic heterocycles. The summed E-state index contributed by atoms with van der Waals surface area (Å²) in [5.41, 5.74) is 13.3. The normalized spacial score (nSPS) is 17.2. The molecule has 4 heteroatoms. The Bertz CT molecular complexity index is 1870. The third-order valence-electron chi connectivity index (χ3n) is 10.2. The Morgan fingerprint density at radius 3 is 1.76 bits per heavy atom. The molecule has 0 bridgehead atoms. The number of hydrogen-bond acceptors (Lipinski definition) is 0. The van der Waals surface area contributed by atoms with Crippen molar-refractivity contribution in [3.05, 3.63) is 137 Å². The van der Waals surface area contributed by atoms with Crippen LogP contribution in [0.2, 0.25) is 13.1 Å². The van der Waals surface area contributed by atoms with Crippen LogP contribution in [0.4, 0.5) is 0 Å². The van der Waals surface area contributed by atoms with Crippen LogP contribution in [0.1, 0.15) is 48.9 Å². The van der Waals surface area contributed by atoms with Crippen LogP contribution < -0.4 is 0 Å². The minimum absolute atomic E-state index is 0.0791. The van der Waals surface area contributed by atoms with E-state index in [1.54, 1.807) is 0 Å². The second-order valence-corrected chi connectivity index (χ2v) is 55.5. The summed E-state index contributed by atoms with van der Waals surface area (Å²) in [7, 11) is 17.2. The van der Waals surface area contributed by atoms with E-state index in [0.717, 1.165) is 0 Å². The maximum absolute atomic E-state index is 8.58. The van der Waals surface area contributed by atoms with Crippen LogP contribution in [0.3, 0.4) is 0 Å². The molecule has 5 aromatic rings. The zero-order valence-electron chi connectivity index (χ0n) is 25.0. The Balaban J connectivity index is 1.53. The Morgan fingerprint density at radius 2 is 1.14 bits per heavy atom. The van der Waals surface area contributed by atoms with Crippen molar-refractivity contribution in [2.75, 3.05) is 0 Å². The molecule has 5 aromatic carbocycles. The van der Waals surface area contributed by atoms with Gasteiger partial charge in [0.1, 0.15) is 0 Å². The summed E-state index contributed by atoms with van der Waals surface area (Å²) in [5.74, 6) is -1.27. The van der Waals surface area contributed by atoms with E-state index in [1.807, 2.05) is 0 Å². The summed E-state index contributed by atoms with van der Waals surface area (Å²) < 4.78 is 0.159. The molecule has 0 fully saturated rings. The number of benzene rings is 5. The summed E-state index contributed by atoms with van der Waals surface area (Å²) in [6.45, 7) is 11.7. The Hall–Kier alpha value is -2.22. The van der Waals surface area contributed by atoms with E-state index in [1.165, 1.54) is 66.4 Å². The molecule has 0 aromatic heterocycles. The van der Waals surface area contributed by atoms with Crippen molar-refractivity contribution >= 4 is 39.8 Å². The van der Waals surface area contributed by atoms with E-state index < -0.39 is 21.5 Å². The molecule has 1 atom stereocenters. The van der Waals surface area contributed by atoms with Crippen LogP contribution in [-0.2, 0) is 15.6 Å². The number of aryl methyl sites for hydroxylation is 1. The molecule has 0 nitrogen and oxygen atoms in total. The molecule has 0 spiro atoms. The van der Waals surface area contributed by atoms with Crippen molar-refractivity contribution < 1.29 is 15.6 Å². The van der Waals surface area contributed by atoms with Gasteiger partial charge in [-0.3, -0.25) is 0 Å². The first-order chi connectivity index (χ1) is 20.1. The first-order valence-electron chi connectivity index (χ1n) is 15.2.